The van der Waals surface area contributed by atoms with Gasteiger partial charge in [0, 0.05) is 22.2 Å². The van der Waals surface area contributed by atoms with Crippen LogP contribution in [0.3, 0.4) is 0 Å². The molecule has 0 bridgehead atoms. The molecular formula is C18H21NO4S. The number of hydrogen-bond donors (Lipinski definition) is 1. The molecule has 1 aromatic carbocycles. The summed E-state index contributed by atoms with van der Waals surface area (Å²) in [6, 6.07) is 7.97. The van der Waals surface area contributed by atoms with Crippen molar-refractivity contribution in [3.8, 4) is 0 Å². The highest BCUT2D eigenvalue weighted by Gasteiger charge is 2.15. The van der Waals surface area contributed by atoms with Gasteiger partial charge < -0.3 is 14.8 Å². The quantitative estimate of drug-likeness (QED) is 0.668. The Morgan fingerprint density at radius 1 is 1.25 bits per heavy atom. The average Bonchev–Trinajstić information content (AvgIpc) is 2.91. The Morgan fingerprint density at radius 3 is 2.67 bits per heavy atom. The standard InChI is InChI=1S/C18H21NO4S/c1-18(2,3)23-17(21)19-11-12-5-7-15-13(9-12)10-14(24-15)6-8-16(20)22-4/h5-10H,11H2,1-4H3,(H,19,21)/b8-6+. The number of carbonyl (C=O) groups excluding carboxylic acids is 2. The molecule has 0 radical (unpaired) electrons. The highest BCUT2D eigenvalue weighted by Crippen LogP contribution is 2.27. The molecule has 0 aliphatic rings. The molecule has 0 spiro atoms. The molecule has 0 aliphatic carbocycles. The third kappa shape index (κ3) is 5.38. The summed E-state index contributed by atoms with van der Waals surface area (Å²) in [6.07, 6.45) is 2.69. The van der Waals surface area contributed by atoms with E-state index in [0.29, 0.717) is 6.54 Å². The van der Waals surface area contributed by atoms with E-state index in [1.807, 2.05) is 45.0 Å². The van der Waals surface area contributed by atoms with E-state index < -0.39 is 11.7 Å². The van der Waals surface area contributed by atoms with E-state index in [9.17, 15) is 9.59 Å². The summed E-state index contributed by atoms with van der Waals surface area (Å²) in [6.45, 7) is 5.88. The second kappa shape index (κ2) is 7.49. The normalized spacial score (nSPS) is 11.7. The van der Waals surface area contributed by atoms with Crippen molar-refractivity contribution in [2.75, 3.05) is 7.11 Å². The summed E-state index contributed by atoms with van der Waals surface area (Å²) in [5.41, 5.74) is 0.470. The smallest absolute Gasteiger partial charge is 0.407 e. The maximum absolute atomic E-state index is 11.7. The third-order valence-corrected chi connectivity index (χ3v) is 4.10. The van der Waals surface area contributed by atoms with E-state index in [1.54, 1.807) is 17.4 Å². The highest BCUT2D eigenvalue weighted by molar-refractivity contribution is 7.19. The van der Waals surface area contributed by atoms with Crippen molar-refractivity contribution < 1.29 is 19.1 Å². The number of hydrogen-bond acceptors (Lipinski definition) is 5. The first-order chi connectivity index (χ1) is 11.3. The maximum atomic E-state index is 11.7. The molecule has 2 aromatic rings. The Labute approximate surface area is 145 Å². The predicted molar refractivity (Wildman–Crippen MR) is 95.9 cm³/mol. The minimum absolute atomic E-state index is 0.380. The summed E-state index contributed by atoms with van der Waals surface area (Å²) < 4.78 is 10.9. The van der Waals surface area contributed by atoms with Gasteiger partial charge in [0.15, 0.2) is 0 Å². The Balaban J connectivity index is 2.04. The Kier molecular flexibility index (Phi) is 5.62. The zero-order chi connectivity index (χ0) is 17.7. The van der Waals surface area contributed by atoms with Crippen LogP contribution in [0.2, 0.25) is 0 Å². The lowest BCUT2D eigenvalue weighted by molar-refractivity contribution is -0.134. The number of amides is 1. The second-order valence-electron chi connectivity index (χ2n) is 6.23. The van der Waals surface area contributed by atoms with E-state index in [2.05, 4.69) is 10.1 Å². The van der Waals surface area contributed by atoms with Crippen LogP contribution < -0.4 is 5.32 Å². The van der Waals surface area contributed by atoms with Crippen LogP contribution >= 0.6 is 11.3 Å². The van der Waals surface area contributed by atoms with Gasteiger partial charge in [-0.05, 0) is 56.0 Å². The van der Waals surface area contributed by atoms with Crippen LogP contribution in [0.1, 0.15) is 31.2 Å². The highest BCUT2D eigenvalue weighted by atomic mass is 32.1. The van der Waals surface area contributed by atoms with Crippen molar-refractivity contribution in [2.45, 2.75) is 32.9 Å². The predicted octanol–water partition coefficient (Wildman–Crippen LogP) is 4.11. The molecule has 1 N–H and O–H groups in total. The van der Waals surface area contributed by atoms with Gasteiger partial charge in [-0.3, -0.25) is 0 Å². The first kappa shape index (κ1) is 18.0. The van der Waals surface area contributed by atoms with Crippen molar-refractivity contribution in [3.05, 3.63) is 40.8 Å². The van der Waals surface area contributed by atoms with Gasteiger partial charge in [-0.2, -0.15) is 0 Å². The lowest BCUT2D eigenvalue weighted by Gasteiger charge is -2.19. The van der Waals surface area contributed by atoms with Gasteiger partial charge in [-0.1, -0.05) is 6.07 Å². The summed E-state index contributed by atoms with van der Waals surface area (Å²) in [5, 5.41) is 3.80. The van der Waals surface area contributed by atoms with Gasteiger partial charge in [0.1, 0.15) is 5.60 Å². The molecule has 0 aliphatic heterocycles. The van der Waals surface area contributed by atoms with E-state index in [1.165, 1.54) is 13.2 Å². The first-order valence-electron chi connectivity index (χ1n) is 7.52. The molecule has 0 unspecified atom stereocenters. The number of carbonyl (C=O) groups is 2. The SMILES string of the molecule is COC(=O)/C=C/c1cc2cc(CNC(=O)OC(C)(C)C)ccc2s1. The number of benzene rings is 1. The van der Waals surface area contributed by atoms with Crippen molar-refractivity contribution in [1.29, 1.82) is 0 Å². The molecular weight excluding hydrogens is 326 g/mol. The maximum Gasteiger partial charge on any atom is 0.407 e. The van der Waals surface area contributed by atoms with E-state index in [4.69, 9.17) is 4.74 Å². The number of thiophene rings is 1. The number of ether oxygens (including phenoxy) is 2. The second-order valence-corrected chi connectivity index (χ2v) is 7.35. The van der Waals surface area contributed by atoms with Gasteiger partial charge in [-0.25, -0.2) is 9.59 Å². The number of alkyl carbamates (subject to hydrolysis) is 1. The van der Waals surface area contributed by atoms with Gasteiger partial charge in [0.2, 0.25) is 0 Å². The summed E-state index contributed by atoms with van der Waals surface area (Å²) in [4.78, 5) is 23.8. The topological polar surface area (TPSA) is 64.6 Å². The lowest BCUT2D eigenvalue weighted by Crippen LogP contribution is -2.32. The van der Waals surface area contributed by atoms with Crippen molar-refractivity contribution in [2.24, 2.45) is 0 Å². The fraction of sp³-hybridized carbons (Fsp3) is 0.333. The molecule has 1 amide bonds. The van der Waals surface area contributed by atoms with Gasteiger partial charge in [0.05, 0.1) is 7.11 Å². The van der Waals surface area contributed by atoms with Gasteiger partial charge >= 0.3 is 12.1 Å². The van der Waals surface area contributed by atoms with Crippen LogP contribution in [-0.2, 0) is 20.8 Å². The number of rotatable bonds is 4. The third-order valence-electron chi connectivity index (χ3n) is 3.02. The number of fused-ring (bicyclic) bond motifs is 1. The number of methoxy groups -OCH3 is 1. The van der Waals surface area contributed by atoms with Crippen LogP contribution in [0.15, 0.2) is 30.3 Å². The fourth-order valence-corrected chi connectivity index (χ4v) is 2.96. The van der Waals surface area contributed by atoms with Crippen LogP contribution in [-0.4, -0.2) is 24.8 Å². The lowest BCUT2D eigenvalue weighted by atomic mass is 10.1. The Bertz CT molecular complexity index is 771. The first-order valence-corrected chi connectivity index (χ1v) is 8.34. The molecule has 0 fully saturated rings. The minimum Gasteiger partial charge on any atom is -0.466 e. The molecule has 5 nitrogen and oxygen atoms in total. The summed E-state index contributed by atoms with van der Waals surface area (Å²) in [7, 11) is 1.35. The van der Waals surface area contributed by atoms with Crippen LogP contribution in [0.25, 0.3) is 16.2 Å². The number of esters is 1. The Morgan fingerprint density at radius 2 is 2.00 bits per heavy atom. The zero-order valence-corrected chi connectivity index (χ0v) is 15.0. The van der Waals surface area contributed by atoms with E-state index >= 15 is 0 Å². The minimum atomic E-state index is -0.512. The van der Waals surface area contributed by atoms with E-state index in [-0.39, 0.29) is 5.97 Å². The summed E-state index contributed by atoms with van der Waals surface area (Å²) >= 11 is 1.58. The molecule has 0 saturated carbocycles. The Hall–Kier alpha value is -2.34. The van der Waals surface area contributed by atoms with Crippen molar-refractivity contribution >= 4 is 39.6 Å². The van der Waals surface area contributed by atoms with Crippen molar-refractivity contribution in [3.63, 3.8) is 0 Å². The van der Waals surface area contributed by atoms with Crippen LogP contribution in [0.5, 0.6) is 0 Å². The molecule has 1 heterocycles. The van der Waals surface area contributed by atoms with Gasteiger partial charge in [0.25, 0.3) is 0 Å². The molecule has 6 heteroatoms. The molecule has 128 valence electrons. The molecule has 24 heavy (non-hydrogen) atoms. The van der Waals surface area contributed by atoms with Gasteiger partial charge in [-0.15, -0.1) is 11.3 Å². The molecule has 0 atom stereocenters. The molecule has 2 rings (SSSR count). The zero-order valence-electron chi connectivity index (χ0n) is 14.2. The van der Waals surface area contributed by atoms with Crippen LogP contribution in [0, 0.1) is 0 Å². The van der Waals surface area contributed by atoms with E-state index in [0.717, 1.165) is 20.5 Å². The average molecular weight is 347 g/mol. The molecule has 0 saturated heterocycles. The van der Waals surface area contributed by atoms with Crippen molar-refractivity contribution in [1.82, 2.24) is 5.32 Å². The van der Waals surface area contributed by atoms with Crippen LogP contribution in [0.4, 0.5) is 4.79 Å². The molecule has 1 aromatic heterocycles. The number of nitrogens with one attached hydrogen (secondary N) is 1. The summed E-state index contributed by atoms with van der Waals surface area (Å²) in [5.74, 6) is -0.380. The largest absolute Gasteiger partial charge is 0.466 e. The monoisotopic (exact) mass is 347 g/mol. The fourth-order valence-electron chi connectivity index (χ4n) is 2.01.